The number of hydrogen-bond donors (Lipinski definition) is 1. The maximum absolute atomic E-state index is 13.3. The van der Waals surface area contributed by atoms with Crippen molar-refractivity contribution in [2.45, 2.75) is 13.0 Å². The Balaban J connectivity index is 1.92. The number of ketones is 1. The number of carbonyl (C=O) groups is 2. The maximum Gasteiger partial charge on any atom is 0.300 e. The first-order valence-electron chi connectivity index (χ1n) is 10.9. The summed E-state index contributed by atoms with van der Waals surface area (Å²) in [7, 11) is 3.84. The lowest BCUT2D eigenvalue weighted by Gasteiger charge is -2.26. The largest absolute Gasteiger partial charge is 0.507 e. The number of halogens is 1. The standard InChI is InChI=1S/C27H25ClN2O4/c1-4-34-22-10-6-7-17(16-22)24-23(25(31)18-8-5-9-19(28)15-18)26(32)27(33)30(24)21-13-11-20(12-14-21)29(2)3/h5-16,24,31H,4H2,1-3H3/b25-23-. The fourth-order valence-electron chi connectivity index (χ4n) is 4.06. The molecule has 0 radical (unpaired) electrons. The van der Waals surface area contributed by atoms with E-state index < -0.39 is 17.7 Å². The van der Waals surface area contributed by atoms with Crippen LogP contribution in [0.15, 0.2) is 78.4 Å². The van der Waals surface area contributed by atoms with E-state index in [2.05, 4.69) is 0 Å². The zero-order chi connectivity index (χ0) is 24.4. The minimum Gasteiger partial charge on any atom is -0.507 e. The highest BCUT2D eigenvalue weighted by atomic mass is 35.5. The van der Waals surface area contributed by atoms with E-state index in [-0.39, 0.29) is 11.3 Å². The van der Waals surface area contributed by atoms with Crippen LogP contribution in [0, 0.1) is 0 Å². The topological polar surface area (TPSA) is 70.1 Å². The van der Waals surface area contributed by atoms with Gasteiger partial charge in [0.2, 0.25) is 0 Å². The van der Waals surface area contributed by atoms with Crippen LogP contribution in [-0.4, -0.2) is 37.5 Å². The zero-order valence-electron chi connectivity index (χ0n) is 19.2. The summed E-state index contributed by atoms with van der Waals surface area (Å²) < 4.78 is 5.65. The quantitative estimate of drug-likeness (QED) is 0.292. The monoisotopic (exact) mass is 476 g/mol. The van der Waals surface area contributed by atoms with Gasteiger partial charge in [0, 0.05) is 36.1 Å². The average molecular weight is 477 g/mol. The van der Waals surface area contributed by atoms with E-state index in [4.69, 9.17) is 16.3 Å². The first kappa shape index (κ1) is 23.4. The van der Waals surface area contributed by atoms with Crippen molar-refractivity contribution in [1.82, 2.24) is 0 Å². The summed E-state index contributed by atoms with van der Waals surface area (Å²) in [5.74, 6) is -1.15. The van der Waals surface area contributed by atoms with Crippen LogP contribution in [0.1, 0.15) is 24.1 Å². The van der Waals surface area contributed by atoms with Gasteiger partial charge in [-0.15, -0.1) is 0 Å². The second-order valence-electron chi connectivity index (χ2n) is 8.10. The van der Waals surface area contributed by atoms with Crippen LogP contribution < -0.4 is 14.5 Å². The van der Waals surface area contributed by atoms with Crippen molar-refractivity contribution in [3.05, 3.63) is 94.5 Å². The van der Waals surface area contributed by atoms with Crippen molar-refractivity contribution in [2.75, 3.05) is 30.5 Å². The highest BCUT2D eigenvalue weighted by Gasteiger charge is 2.47. The van der Waals surface area contributed by atoms with Gasteiger partial charge in [-0.1, -0.05) is 35.9 Å². The number of benzene rings is 3. The molecule has 1 aliphatic rings. The molecular weight excluding hydrogens is 452 g/mol. The molecule has 0 bridgehead atoms. The normalized spacial score (nSPS) is 17.2. The Morgan fingerprint density at radius 2 is 1.74 bits per heavy atom. The summed E-state index contributed by atoms with van der Waals surface area (Å²) in [4.78, 5) is 29.9. The summed E-state index contributed by atoms with van der Waals surface area (Å²) in [5, 5.41) is 11.6. The molecule has 1 N–H and O–H groups in total. The maximum atomic E-state index is 13.3. The first-order chi connectivity index (χ1) is 16.3. The molecule has 1 unspecified atom stereocenters. The zero-order valence-corrected chi connectivity index (χ0v) is 19.9. The van der Waals surface area contributed by atoms with Crippen molar-refractivity contribution in [3.8, 4) is 5.75 Å². The minimum absolute atomic E-state index is 0.00222. The third-order valence-corrected chi connectivity index (χ3v) is 5.91. The van der Waals surface area contributed by atoms with Gasteiger partial charge in [0.15, 0.2) is 0 Å². The van der Waals surface area contributed by atoms with Crippen molar-refractivity contribution >= 4 is 40.4 Å². The summed E-state index contributed by atoms with van der Waals surface area (Å²) in [5.41, 5.74) is 2.50. The summed E-state index contributed by atoms with van der Waals surface area (Å²) in [6, 6.07) is 20.2. The number of Topliss-reactive ketones (excluding diaryl/α,β-unsaturated/α-hetero) is 1. The van der Waals surface area contributed by atoms with Gasteiger partial charge in [-0.25, -0.2) is 0 Å². The Kier molecular flexibility index (Phi) is 6.61. The third kappa shape index (κ3) is 4.37. The third-order valence-electron chi connectivity index (χ3n) is 5.67. The first-order valence-corrected chi connectivity index (χ1v) is 11.3. The van der Waals surface area contributed by atoms with Crippen LogP contribution in [0.4, 0.5) is 11.4 Å². The van der Waals surface area contributed by atoms with Gasteiger partial charge in [0.1, 0.15) is 11.5 Å². The number of ether oxygens (including phenoxy) is 1. The van der Waals surface area contributed by atoms with Gasteiger partial charge in [0.25, 0.3) is 11.7 Å². The van der Waals surface area contributed by atoms with Gasteiger partial charge in [-0.05, 0) is 61.0 Å². The van der Waals surface area contributed by atoms with Gasteiger partial charge in [-0.2, -0.15) is 0 Å². The van der Waals surface area contributed by atoms with E-state index >= 15 is 0 Å². The second kappa shape index (κ2) is 9.61. The summed E-state index contributed by atoms with van der Waals surface area (Å²) >= 11 is 6.12. The summed E-state index contributed by atoms with van der Waals surface area (Å²) in [6.07, 6.45) is 0. The predicted molar refractivity (Wildman–Crippen MR) is 135 cm³/mol. The van der Waals surface area contributed by atoms with E-state index in [0.29, 0.717) is 34.2 Å². The van der Waals surface area contributed by atoms with E-state index in [9.17, 15) is 14.7 Å². The number of aliphatic hydroxyl groups excluding tert-OH is 1. The number of nitrogens with zero attached hydrogens (tertiary/aromatic N) is 2. The molecule has 1 amide bonds. The van der Waals surface area contributed by atoms with Crippen LogP contribution in [-0.2, 0) is 9.59 Å². The van der Waals surface area contributed by atoms with Crippen molar-refractivity contribution in [2.24, 2.45) is 0 Å². The van der Waals surface area contributed by atoms with Crippen LogP contribution in [0.2, 0.25) is 5.02 Å². The highest BCUT2D eigenvalue weighted by molar-refractivity contribution is 6.51. The molecule has 174 valence electrons. The minimum atomic E-state index is -0.843. The molecule has 6 nitrogen and oxygen atoms in total. The molecule has 4 rings (SSSR count). The van der Waals surface area contributed by atoms with Crippen molar-refractivity contribution < 1.29 is 19.4 Å². The molecule has 0 aromatic heterocycles. The Bertz CT molecular complexity index is 1270. The number of amides is 1. The molecule has 0 aliphatic carbocycles. The lowest BCUT2D eigenvalue weighted by atomic mass is 9.95. The molecule has 34 heavy (non-hydrogen) atoms. The van der Waals surface area contributed by atoms with E-state index in [0.717, 1.165) is 5.69 Å². The lowest BCUT2D eigenvalue weighted by Crippen LogP contribution is -2.29. The SMILES string of the molecule is CCOc1cccc(C2/C(=C(/O)c3cccc(Cl)c3)C(=O)C(=O)N2c2ccc(N(C)C)cc2)c1. The fourth-order valence-corrected chi connectivity index (χ4v) is 4.25. The summed E-state index contributed by atoms with van der Waals surface area (Å²) in [6.45, 7) is 2.35. The fraction of sp³-hybridized carbons (Fsp3) is 0.185. The van der Waals surface area contributed by atoms with Crippen LogP contribution in [0.5, 0.6) is 5.75 Å². The van der Waals surface area contributed by atoms with Crippen LogP contribution >= 0.6 is 11.6 Å². The van der Waals surface area contributed by atoms with Crippen molar-refractivity contribution in [3.63, 3.8) is 0 Å². The number of aliphatic hydroxyl groups is 1. The smallest absolute Gasteiger partial charge is 0.300 e. The highest BCUT2D eigenvalue weighted by Crippen LogP contribution is 2.43. The molecule has 1 atom stereocenters. The molecule has 7 heteroatoms. The van der Waals surface area contributed by atoms with Gasteiger partial charge in [-0.3, -0.25) is 14.5 Å². The lowest BCUT2D eigenvalue weighted by molar-refractivity contribution is -0.132. The van der Waals surface area contributed by atoms with Crippen molar-refractivity contribution in [1.29, 1.82) is 0 Å². The average Bonchev–Trinajstić information content (AvgIpc) is 3.09. The molecule has 3 aromatic rings. The van der Waals surface area contributed by atoms with Crippen LogP contribution in [0.3, 0.4) is 0 Å². The van der Waals surface area contributed by atoms with E-state index in [1.165, 1.54) is 4.90 Å². The molecule has 0 spiro atoms. The molecule has 1 heterocycles. The number of carbonyl (C=O) groups excluding carboxylic acids is 2. The van der Waals surface area contributed by atoms with E-state index in [1.807, 2.05) is 50.2 Å². The predicted octanol–water partition coefficient (Wildman–Crippen LogP) is 5.43. The number of rotatable bonds is 6. The molecule has 1 saturated heterocycles. The van der Waals surface area contributed by atoms with Gasteiger partial charge in [0.05, 0.1) is 18.2 Å². The molecule has 0 saturated carbocycles. The Morgan fingerprint density at radius 3 is 2.38 bits per heavy atom. The molecular formula is C27H25ClN2O4. The van der Waals surface area contributed by atoms with Gasteiger partial charge < -0.3 is 14.7 Å². The molecule has 1 aliphatic heterocycles. The van der Waals surface area contributed by atoms with Crippen LogP contribution in [0.25, 0.3) is 5.76 Å². The molecule has 3 aromatic carbocycles. The Labute approximate surface area is 203 Å². The Morgan fingerprint density at radius 1 is 1.03 bits per heavy atom. The van der Waals surface area contributed by atoms with E-state index in [1.54, 1.807) is 48.5 Å². The number of anilines is 2. The number of hydrogen-bond acceptors (Lipinski definition) is 5. The van der Waals surface area contributed by atoms with Gasteiger partial charge >= 0.3 is 0 Å². The second-order valence-corrected chi connectivity index (χ2v) is 8.53. The Hall–Kier alpha value is -3.77. The molecule has 1 fully saturated rings.